The molecule has 0 fully saturated rings. The maximum absolute atomic E-state index is 14.5. The van der Waals surface area contributed by atoms with Crippen LogP contribution < -0.4 is 10.9 Å². The molecule has 2 N–H and O–H groups in total. The quantitative estimate of drug-likeness (QED) is 0.321. The number of allylic oxidation sites excluding steroid dienone is 1. The fourth-order valence-corrected chi connectivity index (χ4v) is 4.58. The molecule has 0 bridgehead atoms. The smallest absolute Gasteiger partial charge is 0.416 e. The molecule has 2 aromatic heterocycles. The van der Waals surface area contributed by atoms with Crippen molar-refractivity contribution in [2.45, 2.75) is 52.7 Å². The minimum absolute atomic E-state index is 0.0171. The molecule has 0 saturated carbocycles. The van der Waals surface area contributed by atoms with E-state index in [0.29, 0.717) is 22.9 Å². The topological polar surface area (TPSA) is 156 Å². The van der Waals surface area contributed by atoms with Crippen LogP contribution >= 0.6 is 0 Å². The minimum Gasteiger partial charge on any atom is -0.464 e. The lowest BCUT2D eigenvalue weighted by Crippen LogP contribution is -2.37. The van der Waals surface area contributed by atoms with Crippen molar-refractivity contribution in [2.24, 2.45) is 5.41 Å². The molecular formula is C31H39FN6O7. The highest BCUT2D eigenvalue weighted by Crippen LogP contribution is 2.30. The summed E-state index contributed by atoms with van der Waals surface area (Å²) in [6, 6.07) is 4.06. The molecule has 45 heavy (non-hydrogen) atoms. The Kier molecular flexibility index (Phi) is 10.9. The zero-order chi connectivity index (χ0) is 33.6. The predicted octanol–water partition coefficient (Wildman–Crippen LogP) is 3.93. The standard InChI is InChI=1S/C31H39FN6O7/c1-31(2,3)15-20-13-21(32)12-19-14-22(38(26(19)20)29(42)43)17-37-18-33-16-23(28(37)41)34-27(40)24(45-30(44)36(6)7)10-8-9-11-25(39)35(4)5/h9,11-14,16,18,24H,8,10,15,17H2,1-7H3,(H,34,40)(H,42,43)/b11-9+/t24-/m0/s1. The van der Waals surface area contributed by atoms with Crippen LogP contribution in [0.25, 0.3) is 10.9 Å². The number of fused-ring (bicyclic) bond motifs is 1. The largest absolute Gasteiger partial charge is 0.464 e. The summed E-state index contributed by atoms with van der Waals surface area (Å²) in [7, 11) is 6.08. The number of carboxylic acid groups (broad SMARTS) is 1. The van der Waals surface area contributed by atoms with Crippen molar-refractivity contribution in [3.05, 3.63) is 70.3 Å². The summed E-state index contributed by atoms with van der Waals surface area (Å²) in [5.74, 6) is -1.56. The number of benzene rings is 1. The second-order valence-corrected chi connectivity index (χ2v) is 12.2. The van der Waals surface area contributed by atoms with E-state index in [-0.39, 0.29) is 42.1 Å². The lowest BCUT2D eigenvalue weighted by Gasteiger charge is -2.20. The number of likely N-dealkylation sites (N-methyl/N-ethyl adjacent to an activating group) is 1. The summed E-state index contributed by atoms with van der Waals surface area (Å²) in [6.45, 7) is 5.62. The summed E-state index contributed by atoms with van der Waals surface area (Å²) in [4.78, 5) is 69.6. The summed E-state index contributed by atoms with van der Waals surface area (Å²) >= 11 is 0. The molecule has 2 heterocycles. The Labute approximate surface area is 259 Å². The van der Waals surface area contributed by atoms with Gasteiger partial charge < -0.3 is 25.0 Å². The Morgan fingerprint density at radius 2 is 1.80 bits per heavy atom. The molecule has 0 radical (unpaired) electrons. The molecule has 0 unspecified atom stereocenters. The van der Waals surface area contributed by atoms with Gasteiger partial charge in [0.15, 0.2) is 6.10 Å². The number of aromatic nitrogens is 3. The monoisotopic (exact) mass is 626 g/mol. The first-order chi connectivity index (χ1) is 21.0. The second-order valence-electron chi connectivity index (χ2n) is 12.2. The van der Waals surface area contributed by atoms with Gasteiger partial charge in [-0.1, -0.05) is 26.8 Å². The number of amides is 3. The van der Waals surface area contributed by atoms with Gasteiger partial charge in [0, 0.05) is 33.6 Å². The van der Waals surface area contributed by atoms with Crippen LogP contribution in [0.3, 0.4) is 0 Å². The van der Waals surface area contributed by atoms with Gasteiger partial charge in [0.05, 0.1) is 30.3 Å². The Bertz CT molecular complexity index is 1680. The molecule has 13 nitrogen and oxygen atoms in total. The van der Waals surface area contributed by atoms with E-state index >= 15 is 0 Å². The Hall–Kier alpha value is -5.01. The van der Waals surface area contributed by atoms with Gasteiger partial charge >= 0.3 is 12.2 Å². The zero-order valence-corrected chi connectivity index (χ0v) is 26.5. The number of carbonyl (C=O) groups is 4. The van der Waals surface area contributed by atoms with E-state index in [2.05, 4.69) is 10.3 Å². The van der Waals surface area contributed by atoms with Crippen molar-refractivity contribution in [2.75, 3.05) is 33.5 Å². The second kappa shape index (κ2) is 14.2. The molecular weight excluding hydrogens is 587 g/mol. The first-order valence-electron chi connectivity index (χ1n) is 14.2. The number of carbonyl (C=O) groups excluding carboxylic acids is 3. The highest BCUT2D eigenvalue weighted by Gasteiger charge is 2.26. The number of ether oxygens (including phenoxy) is 1. The molecule has 0 saturated heterocycles. The van der Waals surface area contributed by atoms with Gasteiger partial charge in [-0.05, 0) is 54.5 Å². The lowest BCUT2D eigenvalue weighted by molar-refractivity contribution is -0.125. The van der Waals surface area contributed by atoms with Crippen molar-refractivity contribution in [3.63, 3.8) is 0 Å². The zero-order valence-electron chi connectivity index (χ0n) is 26.5. The molecule has 0 spiro atoms. The molecule has 1 atom stereocenters. The van der Waals surface area contributed by atoms with Crippen LogP contribution in [0, 0.1) is 11.2 Å². The van der Waals surface area contributed by atoms with Gasteiger partial charge in [0.1, 0.15) is 11.5 Å². The van der Waals surface area contributed by atoms with E-state index in [1.165, 1.54) is 49.6 Å². The number of anilines is 1. The Balaban J connectivity index is 1.92. The van der Waals surface area contributed by atoms with Gasteiger partial charge in [-0.15, -0.1) is 0 Å². The van der Waals surface area contributed by atoms with Crippen LogP contribution in [0.4, 0.5) is 19.7 Å². The molecule has 0 aliphatic heterocycles. The third-order valence-corrected chi connectivity index (χ3v) is 6.62. The van der Waals surface area contributed by atoms with Crippen molar-refractivity contribution in [3.8, 4) is 0 Å². The highest BCUT2D eigenvalue weighted by molar-refractivity contribution is 5.95. The van der Waals surface area contributed by atoms with Crippen LogP contribution in [0.2, 0.25) is 0 Å². The lowest BCUT2D eigenvalue weighted by atomic mass is 9.87. The minimum atomic E-state index is -1.31. The molecule has 0 aliphatic rings. The number of hydrogen-bond acceptors (Lipinski definition) is 7. The number of rotatable bonds is 10. The van der Waals surface area contributed by atoms with Crippen molar-refractivity contribution >= 4 is 40.6 Å². The van der Waals surface area contributed by atoms with E-state index in [9.17, 15) is 33.5 Å². The summed E-state index contributed by atoms with van der Waals surface area (Å²) < 4.78 is 22.0. The average Bonchev–Trinajstić information content (AvgIpc) is 3.29. The number of nitrogens with one attached hydrogen (secondary N) is 1. The maximum atomic E-state index is 14.5. The fraction of sp³-hybridized carbons (Fsp3) is 0.419. The number of halogens is 1. The SMILES string of the molecule is CN(C)C(=O)/C=C/CC[C@H](OC(=O)N(C)C)C(=O)Nc1cncn(Cc2cc3cc(F)cc(CC(C)(C)C)c3n2C(=O)O)c1=O. The summed E-state index contributed by atoms with van der Waals surface area (Å²) in [5, 5.41) is 12.9. The summed E-state index contributed by atoms with van der Waals surface area (Å²) in [5.41, 5.74) is -0.175. The van der Waals surface area contributed by atoms with Crippen molar-refractivity contribution < 1.29 is 33.4 Å². The fourth-order valence-electron chi connectivity index (χ4n) is 4.58. The number of nitrogens with zero attached hydrogens (tertiary/aromatic N) is 5. The molecule has 3 rings (SSSR count). The van der Waals surface area contributed by atoms with Crippen LogP contribution in [-0.4, -0.2) is 87.3 Å². The molecule has 3 amide bonds. The average molecular weight is 627 g/mol. The van der Waals surface area contributed by atoms with E-state index in [0.717, 1.165) is 20.2 Å². The van der Waals surface area contributed by atoms with Crippen molar-refractivity contribution in [1.82, 2.24) is 23.9 Å². The normalized spacial score (nSPS) is 12.3. The van der Waals surface area contributed by atoms with Gasteiger partial charge in [0.25, 0.3) is 11.5 Å². The maximum Gasteiger partial charge on any atom is 0.416 e. The van der Waals surface area contributed by atoms with Crippen molar-refractivity contribution in [1.29, 1.82) is 0 Å². The van der Waals surface area contributed by atoms with Gasteiger partial charge in [0.2, 0.25) is 5.91 Å². The highest BCUT2D eigenvalue weighted by atomic mass is 19.1. The third kappa shape index (κ3) is 9.00. The number of hydrogen-bond donors (Lipinski definition) is 2. The molecule has 242 valence electrons. The third-order valence-electron chi connectivity index (χ3n) is 6.62. The molecule has 0 aliphatic carbocycles. The molecule has 1 aromatic carbocycles. The predicted molar refractivity (Wildman–Crippen MR) is 166 cm³/mol. The van der Waals surface area contributed by atoms with Crippen LogP contribution in [0.15, 0.2) is 47.7 Å². The molecule has 3 aromatic rings. The van der Waals surface area contributed by atoms with Gasteiger partial charge in [-0.3, -0.25) is 19.0 Å². The van der Waals surface area contributed by atoms with Crippen LogP contribution in [0.5, 0.6) is 0 Å². The van der Waals surface area contributed by atoms with E-state index in [1.807, 2.05) is 20.8 Å². The van der Waals surface area contributed by atoms with E-state index < -0.39 is 35.6 Å². The first-order valence-corrected chi connectivity index (χ1v) is 14.2. The summed E-state index contributed by atoms with van der Waals surface area (Å²) in [6.07, 6.45) is 2.43. The first kappa shape index (κ1) is 34.5. The Morgan fingerprint density at radius 1 is 1.11 bits per heavy atom. The van der Waals surface area contributed by atoms with Gasteiger partial charge in [-0.2, -0.15) is 0 Å². The molecule has 14 heteroatoms. The van der Waals surface area contributed by atoms with E-state index in [4.69, 9.17) is 4.74 Å². The van der Waals surface area contributed by atoms with E-state index in [1.54, 1.807) is 20.2 Å². The van der Waals surface area contributed by atoms with Crippen LogP contribution in [0.1, 0.15) is 44.9 Å². The van der Waals surface area contributed by atoms with Gasteiger partial charge in [-0.25, -0.2) is 23.5 Å². The Morgan fingerprint density at radius 3 is 2.40 bits per heavy atom. The van der Waals surface area contributed by atoms with Crippen LogP contribution in [-0.2, 0) is 27.3 Å².